The van der Waals surface area contributed by atoms with Crippen LogP contribution in [-0.4, -0.2) is 26.5 Å². The molecule has 0 atom stereocenters. The SMILES string of the molecule is CC(=O)Nc1cccc2c(S(=O)(=O)NC3(OC=O)CCCCC3)cccc12. The summed E-state index contributed by atoms with van der Waals surface area (Å²) in [7, 11) is -3.96. The zero-order valence-corrected chi connectivity index (χ0v) is 15.8. The number of nitrogens with one attached hydrogen (secondary N) is 2. The third-order valence-corrected chi connectivity index (χ3v) is 6.31. The highest BCUT2D eigenvalue weighted by atomic mass is 32.2. The summed E-state index contributed by atoms with van der Waals surface area (Å²) in [5.41, 5.74) is -0.676. The van der Waals surface area contributed by atoms with E-state index in [0.29, 0.717) is 35.8 Å². The molecule has 0 aliphatic heterocycles. The number of benzene rings is 2. The minimum absolute atomic E-state index is 0.0756. The third-order valence-electron chi connectivity index (χ3n) is 4.74. The number of amides is 1. The van der Waals surface area contributed by atoms with Crippen LogP contribution in [0.15, 0.2) is 41.3 Å². The minimum Gasteiger partial charge on any atom is -0.445 e. The Balaban J connectivity index is 2.05. The van der Waals surface area contributed by atoms with Gasteiger partial charge in [-0.1, -0.05) is 30.7 Å². The molecule has 0 spiro atoms. The van der Waals surface area contributed by atoms with Crippen molar-refractivity contribution in [2.45, 2.75) is 49.6 Å². The van der Waals surface area contributed by atoms with Gasteiger partial charge in [0.15, 0.2) is 5.72 Å². The van der Waals surface area contributed by atoms with E-state index in [1.54, 1.807) is 30.3 Å². The summed E-state index contributed by atoms with van der Waals surface area (Å²) in [5.74, 6) is -0.241. The number of hydrogen-bond donors (Lipinski definition) is 2. The van der Waals surface area contributed by atoms with Crippen molar-refractivity contribution in [1.82, 2.24) is 4.72 Å². The van der Waals surface area contributed by atoms with Gasteiger partial charge < -0.3 is 10.1 Å². The molecule has 27 heavy (non-hydrogen) atoms. The highest BCUT2D eigenvalue weighted by Crippen LogP contribution is 2.33. The second-order valence-corrected chi connectivity index (χ2v) is 8.36. The summed E-state index contributed by atoms with van der Waals surface area (Å²) in [4.78, 5) is 22.5. The van der Waals surface area contributed by atoms with Crippen LogP contribution in [0.4, 0.5) is 5.69 Å². The minimum atomic E-state index is -3.96. The molecule has 0 unspecified atom stereocenters. The number of carbonyl (C=O) groups excluding carboxylic acids is 2. The van der Waals surface area contributed by atoms with Crippen LogP contribution in [0.3, 0.4) is 0 Å². The first-order valence-corrected chi connectivity index (χ1v) is 10.3. The predicted octanol–water partition coefficient (Wildman–Crippen LogP) is 2.91. The average molecular weight is 390 g/mol. The molecule has 2 aromatic rings. The maximum atomic E-state index is 13.1. The largest absolute Gasteiger partial charge is 0.445 e. The standard InChI is InChI=1S/C19H22N2O5S/c1-14(23)20-17-9-5-8-16-15(17)7-6-10-18(16)27(24,25)21-19(26-13-22)11-3-2-4-12-19/h5-10,13,21H,2-4,11-12H2,1H3,(H,20,23). The van der Waals surface area contributed by atoms with E-state index in [1.165, 1.54) is 13.0 Å². The summed E-state index contributed by atoms with van der Waals surface area (Å²) in [6.45, 7) is 1.69. The van der Waals surface area contributed by atoms with Crippen LogP contribution in [0.5, 0.6) is 0 Å². The summed E-state index contributed by atoms with van der Waals surface area (Å²) in [6.07, 6.45) is 3.40. The van der Waals surface area contributed by atoms with Crippen LogP contribution in [0.25, 0.3) is 10.8 Å². The van der Waals surface area contributed by atoms with Gasteiger partial charge in [-0.05, 0) is 25.0 Å². The number of sulfonamides is 1. The molecule has 3 rings (SSSR count). The summed E-state index contributed by atoms with van der Waals surface area (Å²) in [6, 6.07) is 9.95. The fourth-order valence-electron chi connectivity index (χ4n) is 3.57. The zero-order valence-electron chi connectivity index (χ0n) is 15.0. The molecular weight excluding hydrogens is 368 g/mol. The van der Waals surface area contributed by atoms with Crippen molar-refractivity contribution in [1.29, 1.82) is 0 Å². The van der Waals surface area contributed by atoms with E-state index < -0.39 is 15.7 Å². The van der Waals surface area contributed by atoms with Gasteiger partial charge in [0, 0.05) is 36.2 Å². The molecule has 8 heteroatoms. The molecule has 1 saturated carbocycles. The lowest BCUT2D eigenvalue weighted by molar-refractivity contribution is -0.148. The van der Waals surface area contributed by atoms with Gasteiger partial charge in [0.2, 0.25) is 15.9 Å². The van der Waals surface area contributed by atoms with E-state index in [0.717, 1.165) is 19.3 Å². The highest BCUT2D eigenvalue weighted by Gasteiger charge is 2.38. The van der Waals surface area contributed by atoms with Gasteiger partial charge in [0.05, 0.1) is 4.90 Å². The van der Waals surface area contributed by atoms with Gasteiger partial charge in [0.1, 0.15) is 0 Å². The van der Waals surface area contributed by atoms with Crippen LogP contribution >= 0.6 is 0 Å². The van der Waals surface area contributed by atoms with Crippen molar-refractivity contribution >= 4 is 38.9 Å². The lowest BCUT2D eigenvalue weighted by atomic mass is 9.92. The summed E-state index contributed by atoms with van der Waals surface area (Å²) in [5, 5.41) is 3.81. The molecule has 0 radical (unpaired) electrons. The van der Waals surface area contributed by atoms with Crippen molar-refractivity contribution in [3.05, 3.63) is 36.4 Å². The topological polar surface area (TPSA) is 102 Å². The maximum Gasteiger partial charge on any atom is 0.294 e. The van der Waals surface area contributed by atoms with Crippen LogP contribution in [-0.2, 0) is 24.3 Å². The van der Waals surface area contributed by atoms with E-state index in [1.807, 2.05) is 0 Å². The Morgan fingerprint density at radius 3 is 2.41 bits per heavy atom. The molecule has 0 saturated heterocycles. The van der Waals surface area contributed by atoms with Gasteiger partial charge in [-0.15, -0.1) is 0 Å². The Labute approximate surface area is 158 Å². The fourth-order valence-corrected chi connectivity index (χ4v) is 5.15. The normalized spacial score (nSPS) is 16.6. The smallest absolute Gasteiger partial charge is 0.294 e. The number of hydrogen-bond acceptors (Lipinski definition) is 5. The Morgan fingerprint density at radius 2 is 1.74 bits per heavy atom. The molecule has 1 fully saturated rings. The van der Waals surface area contributed by atoms with Crippen molar-refractivity contribution in [3.63, 3.8) is 0 Å². The number of ether oxygens (including phenoxy) is 1. The second kappa shape index (κ2) is 7.66. The van der Waals surface area contributed by atoms with Crippen LogP contribution in [0.1, 0.15) is 39.0 Å². The first-order chi connectivity index (χ1) is 12.9. The van der Waals surface area contributed by atoms with Gasteiger partial charge in [0.25, 0.3) is 6.47 Å². The first kappa shape index (κ1) is 19.3. The Bertz CT molecular complexity index is 965. The van der Waals surface area contributed by atoms with Gasteiger partial charge in [-0.2, -0.15) is 4.72 Å². The van der Waals surface area contributed by atoms with Crippen molar-refractivity contribution < 1.29 is 22.7 Å². The fraction of sp³-hybridized carbons (Fsp3) is 0.368. The van der Waals surface area contributed by atoms with Crippen LogP contribution in [0, 0.1) is 0 Å². The van der Waals surface area contributed by atoms with E-state index >= 15 is 0 Å². The number of carbonyl (C=O) groups is 2. The second-order valence-electron chi connectivity index (χ2n) is 6.71. The van der Waals surface area contributed by atoms with Gasteiger partial charge >= 0.3 is 0 Å². The highest BCUT2D eigenvalue weighted by molar-refractivity contribution is 7.89. The molecule has 7 nitrogen and oxygen atoms in total. The van der Waals surface area contributed by atoms with E-state index in [9.17, 15) is 18.0 Å². The molecule has 0 aromatic heterocycles. The van der Waals surface area contributed by atoms with E-state index in [2.05, 4.69) is 10.0 Å². The van der Waals surface area contributed by atoms with Crippen LogP contribution in [0.2, 0.25) is 0 Å². The average Bonchev–Trinajstić information content (AvgIpc) is 2.61. The third kappa shape index (κ3) is 4.12. The van der Waals surface area contributed by atoms with Crippen molar-refractivity contribution in [2.75, 3.05) is 5.32 Å². The lowest BCUT2D eigenvalue weighted by Crippen LogP contribution is -2.51. The molecule has 2 aromatic carbocycles. The molecule has 0 bridgehead atoms. The molecule has 2 N–H and O–H groups in total. The molecule has 1 aliphatic carbocycles. The van der Waals surface area contributed by atoms with Crippen molar-refractivity contribution in [3.8, 4) is 0 Å². The van der Waals surface area contributed by atoms with Gasteiger partial charge in [-0.25, -0.2) is 8.42 Å². The zero-order chi connectivity index (χ0) is 19.5. The maximum absolute atomic E-state index is 13.1. The molecule has 1 amide bonds. The van der Waals surface area contributed by atoms with E-state index in [4.69, 9.17) is 4.74 Å². The predicted molar refractivity (Wildman–Crippen MR) is 102 cm³/mol. The monoisotopic (exact) mass is 390 g/mol. The quantitative estimate of drug-likeness (QED) is 0.583. The summed E-state index contributed by atoms with van der Waals surface area (Å²) < 4.78 is 34.1. The van der Waals surface area contributed by atoms with Gasteiger partial charge in [-0.3, -0.25) is 9.59 Å². The molecule has 144 valence electrons. The lowest BCUT2D eigenvalue weighted by Gasteiger charge is -2.35. The van der Waals surface area contributed by atoms with Crippen LogP contribution < -0.4 is 10.0 Å². The summed E-state index contributed by atoms with van der Waals surface area (Å²) >= 11 is 0. The molecule has 0 heterocycles. The molecule has 1 aliphatic rings. The van der Waals surface area contributed by atoms with Crippen molar-refractivity contribution in [2.24, 2.45) is 0 Å². The first-order valence-electron chi connectivity index (χ1n) is 8.82. The molecular formula is C19H22N2O5S. The number of fused-ring (bicyclic) bond motifs is 1. The Morgan fingerprint density at radius 1 is 1.07 bits per heavy atom. The van der Waals surface area contributed by atoms with E-state index in [-0.39, 0.29) is 10.8 Å². The number of anilines is 1. The Kier molecular flexibility index (Phi) is 5.48. The Hall–Kier alpha value is -2.45. The number of rotatable bonds is 6.